The van der Waals surface area contributed by atoms with Crippen LogP contribution in [-0.4, -0.2) is 25.2 Å². The van der Waals surface area contributed by atoms with Crippen molar-refractivity contribution in [2.24, 2.45) is 0 Å². The van der Waals surface area contributed by atoms with Crippen molar-refractivity contribution in [3.63, 3.8) is 0 Å². The molecular weight excluding hydrogens is 286 g/mol. The number of benzene rings is 2. The normalized spacial score (nSPS) is 14.0. The smallest absolute Gasteiger partial charge is 0.191 e. The zero-order valence-corrected chi connectivity index (χ0v) is 13.6. The molecule has 0 unspecified atom stereocenters. The van der Waals surface area contributed by atoms with Crippen molar-refractivity contribution in [3.05, 3.63) is 76.4 Å². The molecule has 0 fully saturated rings. The van der Waals surface area contributed by atoms with E-state index in [0.29, 0.717) is 28.8 Å². The number of rotatable bonds is 3. The topological polar surface area (TPSA) is 37.4 Å². The molecule has 1 aliphatic rings. The molecule has 0 saturated heterocycles. The molecule has 0 spiro atoms. The first kappa shape index (κ1) is 15.2. The summed E-state index contributed by atoms with van der Waals surface area (Å²) < 4.78 is 0. The number of nitrogens with zero attached hydrogens (tertiary/aromatic N) is 1. The molecule has 1 aliphatic carbocycles. The average Bonchev–Trinajstić information content (AvgIpc) is 2.57. The minimum Gasteiger partial charge on any atom is -0.370 e. The second-order valence-corrected chi connectivity index (χ2v) is 6.00. The van der Waals surface area contributed by atoms with E-state index in [2.05, 4.69) is 0 Å². The predicted molar refractivity (Wildman–Crippen MR) is 92.3 cm³/mol. The summed E-state index contributed by atoms with van der Waals surface area (Å²) in [7, 11) is 1.93. The summed E-state index contributed by atoms with van der Waals surface area (Å²) in [4.78, 5) is 27.3. The molecule has 3 heteroatoms. The van der Waals surface area contributed by atoms with E-state index in [9.17, 15) is 9.59 Å². The number of Topliss-reactive ketones (excluding diaryl/α,β-unsaturated/α-hetero) is 2. The number of aryl methyl sites for hydroxylation is 1. The summed E-state index contributed by atoms with van der Waals surface area (Å²) in [5.74, 6) is -0.0934. The van der Waals surface area contributed by atoms with Crippen LogP contribution < -0.4 is 4.90 Å². The number of ketones is 2. The Balaban J connectivity index is 1.93. The van der Waals surface area contributed by atoms with E-state index in [0.717, 1.165) is 5.69 Å². The third-order valence-electron chi connectivity index (χ3n) is 4.35. The van der Waals surface area contributed by atoms with Crippen molar-refractivity contribution in [3.8, 4) is 0 Å². The van der Waals surface area contributed by atoms with Crippen LogP contribution >= 0.6 is 0 Å². The summed E-state index contributed by atoms with van der Waals surface area (Å²) in [6, 6.07) is 15.2. The van der Waals surface area contributed by atoms with Gasteiger partial charge in [0.15, 0.2) is 11.6 Å². The van der Waals surface area contributed by atoms with Crippen molar-refractivity contribution in [2.45, 2.75) is 13.8 Å². The Hall–Kier alpha value is -2.68. The lowest BCUT2D eigenvalue weighted by Gasteiger charge is -2.25. The van der Waals surface area contributed by atoms with Gasteiger partial charge in [-0.15, -0.1) is 0 Å². The quantitative estimate of drug-likeness (QED) is 0.865. The van der Waals surface area contributed by atoms with E-state index in [1.807, 2.05) is 43.1 Å². The second-order valence-electron chi connectivity index (χ2n) is 6.00. The maximum atomic E-state index is 12.8. The average molecular weight is 305 g/mol. The van der Waals surface area contributed by atoms with Gasteiger partial charge in [0.2, 0.25) is 0 Å². The molecule has 0 aromatic heterocycles. The first-order valence-electron chi connectivity index (χ1n) is 7.65. The standard InChI is InChI=1S/C20H19NO2/c1-13-8-10-15(11-9-13)21(3)12-18-14(2)19(22)16-6-4-5-7-17(16)20(18)23/h4-11H,12H2,1-3H3. The van der Waals surface area contributed by atoms with Gasteiger partial charge in [0.05, 0.1) is 0 Å². The molecule has 0 radical (unpaired) electrons. The Morgan fingerprint density at radius 2 is 1.39 bits per heavy atom. The molecular formula is C20H19NO2. The number of fused-ring (bicyclic) bond motifs is 1. The van der Waals surface area contributed by atoms with E-state index < -0.39 is 0 Å². The van der Waals surface area contributed by atoms with Gasteiger partial charge in [-0.05, 0) is 26.0 Å². The Kier molecular flexibility index (Phi) is 3.87. The number of carbonyl (C=O) groups excluding carboxylic acids is 2. The zero-order valence-electron chi connectivity index (χ0n) is 13.6. The molecule has 0 aliphatic heterocycles. The van der Waals surface area contributed by atoms with Gasteiger partial charge in [0.1, 0.15) is 0 Å². The number of allylic oxidation sites excluding steroid dienone is 1. The van der Waals surface area contributed by atoms with Gasteiger partial charge < -0.3 is 4.90 Å². The molecule has 3 nitrogen and oxygen atoms in total. The van der Waals surface area contributed by atoms with E-state index in [1.54, 1.807) is 31.2 Å². The summed E-state index contributed by atoms with van der Waals surface area (Å²) in [5, 5.41) is 0. The van der Waals surface area contributed by atoms with Crippen LogP contribution in [0.3, 0.4) is 0 Å². The highest BCUT2D eigenvalue weighted by molar-refractivity contribution is 6.27. The monoisotopic (exact) mass is 305 g/mol. The minimum atomic E-state index is -0.0486. The van der Waals surface area contributed by atoms with Crippen molar-refractivity contribution < 1.29 is 9.59 Å². The van der Waals surface area contributed by atoms with Crippen molar-refractivity contribution in [1.82, 2.24) is 0 Å². The van der Waals surface area contributed by atoms with Gasteiger partial charge in [-0.25, -0.2) is 0 Å². The van der Waals surface area contributed by atoms with Gasteiger partial charge in [0.25, 0.3) is 0 Å². The molecule has 0 amide bonds. The van der Waals surface area contributed by atoms with Crippen LogP contribution in [0.5, 0.6) is 0 Å². The maximum Gasteiger partial charge on any atom is 0.191 e. The fourth-order valence-corrected chi connectivity index (χ4v) is 2.87. The van der Waals surface area contributed by atoms with Crippen LogP contribution in [-0.2, 0) is 0 Å². The molecule has 23 heavy (non-hydrogen) atoms. The van der Waals surface area contributed by atoms with Crippen LogP contribution in [0.25, 0.3) is 0 Å². The highest BCUT2D eigenvalue weighted by atomic mass is 16.1. The highest BCUT2D eigenvalue weighted by Crippen LogP contribution is 2.27. The summed E-state index contributed by atoms with van der Waals surface area (Å²) in [6.45, 7) is 4.21. The number of hydrogen-bond donors (Lipinski definition) is 0. The fraction of sp³-hybridized carbons (Fsp3) is 0.200. The Morgan fingerprint density at radius 1 is 0.826 bits per heavy atom. The second kappa shape index (κ2) is 5.84. The molecule has 0 saturated carbocycles. The molecule has 0 N–H and O–H groups in total. The van der Waals surface area contributed by atoms with Crippen molar-refractivity contribution >= 4 is 17.3 Å². The van der Waals surface area contributed by atoms with Gasteiger partial charge in [0, 0.05) is 41.6 Å². The first-order valence-corrected chi connectivity index (χ1v) is 7.65. The fourth-order valence-electron chi connectivity index (χ4n) is 2.87. The summed E-state index contributed by atoms with van der Waals surface area (Å²) in [5.41, 5.74) is 4.36. The Morgan fingerprint density at radius 3 is 2.00 bits per heavy atom. The lowest BCUT2D eigenvalue weighted by atomic mass is 9.84. The number of anilines is 1. The summed E-state index contributed by atoms with van der Waals surface area (Å²) >= 11 is 0. The third-order valence-corrected chi connectivity index (χ3v) is 4.35. The Bertz CT molecular complexity index is 816. The van der Waals surface area contributed by atoms with Gasteiger partial charge in [-0.3, -0.25) is 9.59 Å². The summed E-state index contributed by atoms with van der Waals surface area (Å²) in [6.07, 6.45) is 0. The maximum absolute atomic E-state index is 12.8. The lowest BCUT2D eigenvalue weighted by molar-refractivity contribution is 0.0973. The van der Waals surface area contributed by atoms with Gasteiger partial charge >= 0.3 is 0 Å². The molecule has 2 aromatic rings. The lowest BCUT2D eigenvalue weighted by Crippen LogP contribution is -2.29. The van der Waals surface area contributed by atoms with Gasteiger partial charge in [-0.2, -0.15) is 0 Å². The van der Waals surface area contributed by atoms with E-state index in [-0.39, 0.29) is 11.6 Å². The van der Waals surface area contributed by atoms with E-state index >= 15 is 0 Å². The van der Waals surface area contributed by atoms with Crippen LogP contribution in [0.2, 0.25) is 0 Å². The minimum absolute atomic E-state index is 0.0448. The van der Waals surface area contributed by atoms with Crippen molar-refractivity contribution in [1.29, 1.82) is 0 Å². The predicted octanol–water partition coefficient (Wildman–Crippen LogP) is 3.83. The molecule has 3 rings (SSSR count). The highest BCUT2D eigenvalue weighted by Gasteiger charge is 2.29. The van der Waals surface area contributed by atoms with Crippen LogP contribution in [0.15, 0.2) is 59.7 Å². The molecule has 0 atom stereocenters. The van der Waals surface area contributed by atoms with Crippen molar-refractivity contribution in [2.75, 3.05) is 18.5 Å². The van der Waals surface area contributed by atoms with E-state index in [1.165, 1.54) is 5.56 Å². The SMILES string of the molecule is CC1=C(CN(C)c2ccc(C)cc2)C(=O)c2ccccc2C1=O. The van der Waals surface area contributed by atoms with E-state index in [4.69, 9.17) is 0 Å². The molecule has 2 aromatic carbocycles. The number of hydrogen-bond acceptors (Lipinski definition) is 3. The van der Waals surface area contributed by atoms with Gasteiger partial charge in [-0.1, -0.05) is 42.0 Å². The number of carbonyl (C=O) groups is 2. The molecule has 116 valence electrons. The van der Waals surface area contributed by atoms with Crippen LogP contribution in [0.1, 0.15) is 33.2 Å². The third kappa shape index (κ3) is 2.70. The molecule has 0 heterocycles. The zero-order chi connectivity index (χ0) is 16.6. The number of likely N-dealkylation sites (N-methyl/N-ethyl adjacent to an activating group) is 1. The van der Waals surface area contributed by atoms with Crippen LogP contribution in [0.4, 0.5) is 5.69 Å². The Labute approximate surface area is 136 Å². The van der Waals surface area contributed by atoms with Crippen LogP contribution in [0, 0.1) is 6.92 Å². The largest absolute Gasteiger partial charge is 0.370 e. The first-order chi connectivity index (χ1) is 11.0. The molecule has 0 bridgehead atoms.